The van der Waals surface area contributed by atoms with Crippen LogP contribution >= 0.6 is 11.6 Å². The maximum absolute atomic E-state index is 10.3. The quantitative estimate of drug-likeness (QED) is 0.795. The van der Waals surface area contributed by atoms with Crippen LogP contribution in [0.1, 0.15) is 32.7 Å². The van der Waals surface area contributed by atoms with Gasteiger partial charge in [-0.3, -0.25) is 4.57 Å². The Kier molecular flexibility index (Phi) is 3.94. The second-order valence-electron chi connectivity index (χ2n) is 5.03. The zero-order valence-corrected chi connectivity index (χ0v) is 13.1. The minimum absolute atomic E-state index is 0.0448. The van der Waals surface area contributed by atoms with Crippen LogP contribution < -0.4 is 0 Å². The summed E-state index contributed by atoms with van der Waals surface area (Å²) in [5.74, 6) is 0. The summed E-state index contributed by atoms with van der Waals surface area (Å²) in [4.78, 5) is 16.5. The summed E-state index contributed by atoms with van der Waals surface area (Å²) in [6, 6.07) is 0.0743. The highest BCUT2D eigenvalue weighted by molar-refractivity contribution is 6.34. The van der Waals surface area contributed by atoms with Gasteiger partial charge in [-0.05, 0) is 12.8 Å². The van der Waals surface area contributed by atoms with Crippen molar-refractivity contribution in [3.63, 3.8) is 0 Å². The zero-order chi connectivity index (χ0) is 15.7. The van der Waals surface area contributed by atoms with Crippen molar-refractivity contribution in [1.29, 1.82) is 0 Å². The first-order valence-corrected chi connectivity index (χ1v) is 7.55. The molecular formula is C15H16ClN5O. The molecule has 6 nitrogen and oxygen atoms in total. The first-order valence-electron chi connectivity index (χ1n) is 7.18. The summed E-state index contributed by atoms with van der Waals surface area (Å²) in [6.45, 7) is 4.14. The molecule has 1 N–H and O–H groups in total. The summed E-state index contributed by atoms with van der Waals surface area (Å²) in [6.07, 6.45) is 8.12. The number of aromatic hydroxyl groups is 1. The molecule has 0 fully saturated rings. The normalized spacial score (nSPS) is 11.5. The Balaban J connectivity index is 2.38. The van der Waals surface area contributed by atoms with E-state index in [9.17, 15) is 5.11 Å². The Morgan fingerprint density at radius 2 is 1.86 bits per heavy atom. The van der Waals surface area contributed by atoms with E-state index in [4.69, 9.17) is 11.6 Å². The average Bonchev–Trinajstić information content (AvgIpc) is 2.86. The molecule has 3 aromatic rings. The number of hydrogen-bond donors (Lipinski definition) is 1. The Bertz CT molecular complexity index is 799. The van der Waals surface area contributed by atoms with Crippen LogP contribution in [0, 0.1) is 0 Å². The minimum atomic E-state index is -0.0448. The van der Waals surface area contributed by atoms with Crippen LogP contribution in [0.15, 0.2) is 24.9 Å². The van der Waals surface area contributed by atoms with Crippen molar-refractivity contribution >= 4 is 22.8 Å². The predicted molar refractivity (Wildman–Crippen MR) is 84.8 cm³/mol. The van der Waals surface area contributed by atoms with E-state index < -0.39 is 0 Å². The number of aromatic nitrogens is 5. The highest BCUT2D eigenvalue weighted by Gasteiger charge is 2.22. The summed E-state index contributed by atoms with van der Waals surface area (Å²) < 4.78 is 1.80. The monoisotopic (exact) mass is 317 g/mol. The lowest BCUT2D eigenvalue weighted by Gasteiger charge is -2.18. The van der Waals surface area contributed by atoms with E-state index in [2.05, 4.69) is 33.8 Å². The second kappa shape index (κ2) is 5.88. The Morgan fingerprint density at radius 1 is 1.18 bits per heavy atom. The van der Waals surface area contributed by atoms with Crippen LogP contribution in [0.4, 0.5) is 0 Å². The summed E-state index contributed by atoms with van der Waals surface area (Å²) >= 11 is 6.37. The van der Waals surface area contributed by atoms with Crippen molar-refractivity contribution < 1.29 is 5.11 Å². The van der Waals surface area contributed by atoms with Gasteiger partial charge in [-0.1, -0.05) is 25.4 Å². The molecule has 3 rings (SSSR count). The lowest BCUT2D eigenvalue weighted by Crippen LogP contribution is -2.07. The highest BCUT2D eigenvalue weighted by atomic mass is 35.5. The molecule has 0 atom stereocenters. The number of rotatable bonds is 4. The topological polar surface area (TPSA) is 76.7 Å². The number of halogens is 1. The van der Waals surface area contributed by atoms with Gasteiger partial charge in [-0.25, -0.2) is 15.0 Å². The molecule has 3 aromatic heterocycles. The fraction of sp³-hybridized carbons (Fsp3) is 0.333. The molecule has 114 valence electrons. The fourth-order valence-electron chi connectivity index (χ4n) is 2.73. The molecule has 0 saturated heterocycles. The number of hydrogen-bond acceptors (Lipinski definition) is 5. The molecule has 7 heteroatoms. The molecule has 0 amide bonds. The number of imidazole rings is 1. The molecule has 0 radical (unpaired) electrons. The minimum Gasteiger partial charge on any atom is -0.480 e. The summed E-state index contributed by atoms with van der Waals surface area (Å²) in [5, 5.41) is 10.7. The summed E-state index contributed by atoms with van der Waals surface area (Å²) in [7, 11) is 0. The van der Waals surface area contributed by atoms with Crippen molar-refractivity contribution in [3.05, 3.63) is 29.9 Å². The molecule has 0 aliphatic heterocycles. The first-order chi connectivity index (χ1) is 10.7. The highest BCUT2D eigenvalue weighted by Crippen LogP contribution is 2.38. The van der Waals surface area contributed by atoms with E-state index in [1.54, 1.807) is 17.0 Å². The van der Waals surface area contributed by atoms with Crippen LogP contribution in [0.3, 0.4) is 0 Å². The van der Waals surface area contributed by atoms with Gasteiger partial charge in [-0.15, -0.1) is 0 Å². The lowest BCUT2D eigenvalue weighted by atomic mass is 10.1. The SMILES string of the molecule is CCC(CC)n1c(O)nc2ncc(Cl)c(-c3cncnc3)c21. The Hall–Kier alpha value is -2.21. The lowest BCUT2D eigenvalue weighted by molar-refractivity contribution is 0.362. The molecular weight excluding hydrogens is 302 g/mol. The van der Waals surface area contributed by atoms with Gasteiger partial charge in [0.1, 0.15) is 11.8 Å². The average molecular weight is 318 g/mol. The third-order valence-corrected chi connectivity index (χ3v) is 4.09. The van der Waals surface area contributed by atoms with Gasteiger partial charge in [0.25, 0.3) is 6.01 Å². The standard InChI is InChI=1S/C15H16ClN5O/c1-3-10(4-2)21-13-12(9-5-17-8-18-6-9)11(16)7-19-14(13)20-15(21)22/h5-8,10H,3-4H2,1-2H3,(H,19,20,22). The number of nitrogens with zero attached hydrogens (tertiary/aromatic N) is 5. The largest absolute Gasteiger partial charge is 0.480 e. The van der Waals surface area contributed by atoms with Gasteiger partial charge in [0.15, 0.2) is 5.65 Å². The third-order valence-electron chi connectivity index (χ3n) is 3.81. The van der Waals surface area contributed by atoms with Crippen molar-refractivity contribution in [3.8, 4) is 17.1 Å². The van der Waals surface area contributed by atoms with Crippen molar-refractivity contribution in [2.45, 2.75) is 32.7 Å². The maximum atomic E-state index is 10.3. The molecule has 0 bridgehead atoms. The Morgan fingerprint density at radius 3 is 2.50 bits per heavy atom. The van der Waals surface area contributed by atoms with E-state index in [-0.39, 0.29) is 12.1 Å². The van der Waals surface area contributed by atoms with E-state index in [0.29, 0.717) is 16.2 Å². The molecule has 0 unspecified atom stereocenters. The van der Waals surface area contributed by atoms with Crippen LogP contribution in [0.5, 0.6) is 6.01 Å². The van der Waals surface area contributed by atoms with Gasteiger partial charge in [0.05, 0.1) is 5.02 Å². The van der Waals surface area contributed by atoms with Crippen LogP contribution in [-0.4, -0.2) is 29.6 Å². The van der Waals surface area contributed by atoms with Gasteiger partial charge in [-0.2, -0.15) is 4.98 Å². The molecule has 0 aliphatic carbocycles. The molecule has 22 heavy (non-hydrogen) atoms. The van der Waals surface area contributed by atoms with E-state index in [0.717, 1.165) is 24.0 Å². The van der Waals surface area contributed by atoms with Gasteiger partial charge < -0.3 is 5.11 Å². The van der Waals surface area contributed by atoms with Crippen molar-refractivity contribution in [2.24, 2.45) is 0 Å². The van der Waals surface area contributed by atoms with Gasteiger partial charge in [0.2, 0.25) is 0 Å². The van der Waals surface area contributed by atoms with Crippen molar-refractivity contribution in [1.82, 2.24) is 24.5 Å². The van der Waals surface area contributed by atoms with Crippen LogP contribution in [0.2, 0.25) is 5.02 Å². The molecule has 0 aliphatic rings. The maximum Gasteiger partial charge on any atom is 0.296 e. The van der Waals surface area contributed by atoms with E-state index in [1.807, 2.05) is 0 Å². The first kappa shape index (κ1) is 14.7. The molecule has 0 spiro atoms. The Labute approximate surface area is 132 Å². The fourth-order valence-corrected chi connectivity index (χ4v) is 2.98. The van der Waals surface area contributed by atoms with E-state index >= 15 is 0 Å². The molecule has 0 aromatic carbocycles. The molecule has 3 heterocycles. The van der Waals surface area contributed by atoms with Gasteiger partial charge >= 0.3 is 0 Å². The van der Waals surface area contributed by atoms with Crippen molar-refractivity contribution in [2.75, 3.05) is 0 Å². The number of fused-ring (bicyclic) bond motifs is 1. The van der Waals surface area contributed by atoms with E-state index in [1.165, 1.54) is 12.5 Å². The second-order valence-corrected chi connectivity index (χ2v) is 5.44. The predicted octanol–water partition coefficient (Wildman–Crippen LogP) is 3.61. The third kappa shape index (κ3) is 2.29. The molecule has 0 saturated carbocycles. The van der Waals surface area contributed by atoms with Crippen LogP contribution in [0.25, 0.3) is 22.3 Å². The zero-order valence-electron chi connectivity index (χ0n) is 12.4. The summed E-state index contributed by atoms with van der Waals surface area (Å²) in [5.41, 5.74) is 2.69. The smallest absolute Gasteiger partial charge is 0.296 e. The van der Waals surface area contributed by atoms with Gasteiger partial charge in [0, 0.05) is 35.8 Å². The number of pyridine rings is 1. The van der Waals surface area contributed by atoms with Crippen LogP contribution in [-0.2, 0) is 0 Å².